The minimum absolute atomic E-state index is 0.0950. The zero-order chi connectivity index (χ0) is 17.6. The van der Waals surface area contributed by atoms with E-state index in [0.29, 0.717) is 5.56 Å². The van der Waals surface area contributed by atoms with Gasteiger partial charge in [-0.15, -0.1) is 0 Å². The number of hydrogen-bond donors (Lipinski definition) is 1. The number of sulfone groups is 1. The molecule has 2 aromatic rings. The molecule has 0 aromatic heterocycles. The van der Waals surface area contributed by atoms with Crippen molar-refractivity contribution < 1.29 is 13.2 Å². The van der Waals surface area contributed by atoms with Crippen LogP contribution >= 0.6 is 0 Å². The smallest absolute Gasteiger partial charge is 0.369 e. The lowest BCUT2D eigenvalue weighted by Gasteiger charge is -2.08. The van der Waals surface area contributed by atoms with E-state index < -0.39 is 15.9 Å². The summed E-state index contributed by atoms with van der Waals surface area (Å²) in [5, 5.41) is 3.00. The van der Waals surface area contributed by atoms with Crippen LogP contribution in [-0.2, 0) is 16.3 Å². The Morgan fingerprint density at radius 2 is 1.84 bits per heavy atom. The maximum absolute atomic E-state index is 13.1. The zero-order valence-corrected chi connectivity index (χ0v) is 14.2. The van der Waals surface area contributed by atoms with Crippen molar-refractivity contribution in [2.24, 2.45) is 9.98 Å². The fourth-order valence-corrected chi connectivity index (χ4v) is 4.47. The normalized spacial score (nSPS) is 19.2. The highest BCUT2D eigenvalue weighted by molar-refractivity contribution is 8.08. The van der Waals surface area contributed by atoms with Crippen LogP contribution in [0.1, 0.15) is 18.1 Å². The molecule has 2 aliphatic heterocycles. The van der Waals surface area contributed by atoms with Gasteiger partial charge in [-0.3, -0.25) is 0 Å². The Bertz CT molecular complexity index is 1040. The number of urea groups is 1. The van der Waals surface area contributed by atoms with Gasteiger partial charge in [0.25, 0.3) is 0 Å². The van der Waals surface area contributed by atoms with Gasteiger partial charge in [-0.2, -0.15) is 9.98 Å². The molecular formula is C18H15N3O3S. The van der Waals surface area contributed by atoms with E-state index in [1.165, 1.54) is 6.07 Å². The Morgan fingerprint density at radius 1 is 1.08 bits per heavy atom. The molecule has 0 aliphatic carbocycles. The quantitative estimate of drug-likeness (QED) is 0.899. The number of rotatable bonds is 2. The predicted octanol–water partition coefficient (Wildman–Crippen LogP) is 2.84. The molecule has 0 saturated carbocycles. The minimum atomic E-state index is -3.94. The lowest BCUT2D eigenvalue weighted by Crippen LogP contribution is -2.23. The highest BCUT2D eigenvalue weighted by Gasteiger charge is 2.34. The summed E-state index contributed by atoms with van der Waals surface area (Å²) in [6, 6.07) is 13.1. The van der Waals surface area contributed by atoms with Crippen molar-refractivity contribution in [3.63, 3.8) is 0 Å². The number of carbonyl (C=O) groups excluding carboxylic acids is 1. The van der Waals surface area contributed by atoms with E-state index in [4.69, 9.17) is 0 Å². The third kappa shape index (κ3) is 2.66. The molecule has 1 unspecified atom stereocenters. The Morgan fingerprint density at radius 3 is 2.60 bits per heavy atom. The first-order valence-electron chi connectivity index (χ1n) is 7.87. The van der Waals surface area contributed by atoms with Crippen molar-refractivity contribution in [1.29, 1.82) is 0 Å². The lowest BCUT2D eigenvalue weighted by molar-refractivity contribution is 0.257. The summed E-state index contributed by atoms with van der Waals surface area (Å²) >= 11 is 0. The topological polar surface area (TPSA) is 88.0 Å². The van der Waals surface area contributed by atoms with Crippen LogP contribution in [0.25, 0.3) is 0 Å². The SMILES string of the molecule is CC1Cc2cc(S(=O)(=O)C3=NC(=O)N=C3c3ccccc3)ccc2N1. The summed E-state index contributed by atoms with van der Waals surface area (Å²) in [6.07, 6.45) is 0.754. The molecule has 4 rings (SSSR count). The van der Waals surface area contributed by atoms with Crippen LogP contribution < -0.4 is 5.32 Å². The van der Waals surface area contributed by atoms with Crippen LogP contribution in [0, 0.1) is 0 Å². The molecular weight excluding hydrogens is 338 g/mol. The number of nitrogens with one attached hydrogen (secondary N) is 1. The number of nitrogens with zero attached hydrogens (tertiary/aromatic N) is 2. The van der Waals surface area contributed by atoms with Crippen LogP contribution in [-0.4, -0.2) is 31.2 Å². The molecule has 0 radical (unpaired) electrons. The van der Waals surface area contributed by atoms with E-state index in [1.807, 2.05) is 6.92 Å². The molecule has 2 amide bonds. The molecule has 2 heterocycles. The van der Waals surface area contributed by atoms with Crippen LogP contribution in [0.5, 0.6) is 0 Å². The molecule has 2 aromatic carbocycles. The minimum Gasteiger partial charge on any atom is -0.382 e. The molecule has 6 nitrogen and oxygen atoms in total. The van der Waals surface area contributed by atoms with Crippen molar-refractivity contribution in [3.05, 3.63) is 59.7 Å². The van der Waals surface area contributed by atoms with Crippen LogP contribution in [0.4, 0.5) is 10.5 Å². The van der Waals surface area contributed by atoms with Gasteiger partial charge in [-0.05, 0) is 37.1 Å². The third-order valence-corrected chi connectivity index (χ3v) is 5.89. The van der Waals surface area contributed by atoms with E-state index in [0.717, 1.165) is 17.7 Å². The molecule has 0 saturated heterocycles. The fourth-order valence-electron chi connectivity index (χ4n) is 3.08. The monoisotopic (exact) mass is 353 g/mol. The maximum Gasteiger partial charge on any atom is 0.369 e. The van der Waals surface area contributed by atoms with Gasteiger partial charge in [0.2, 0.25) is 9.84 Å². The van der Waals surface area contributed by atoms with E-state index in [-0.39, 0.29) is 21.7 Å². The number of benzene rings is 2. The van der Waals surface area contributed by atoms with Gasteiger partial charge in [0, 0.05) is 17.3 Å². The van der Waals surface area contributed by atoms with E-state index >= 15 is 0 Å². The second-order valence-corrected chi connectivity index (χ2v) is 7.96. The summed E-state index contributed by atoms with van der Waals surface area (Å²) in [7, 11) is -3.94. The van der Waals surface area contributed by atoms with Crippen molar-refractivity contribution in [1.82, 2.24) is 0 Å². The van der Waals surface area contributed by atoms with Crippen molar-refractivity contribution in [3.8, 4) is 0 Å². The highest BCUT2D eigenvalue weighted by atomic mass is 32.2. The number of hydrogen-bond acceptors (Lipinski definition) is 4. The van der Waals surface area contributed by atoms with E-state index in [9.17, 15) is 13.2 Å². The molecule has 0 bridgehead atoms. The van der Waals surface area contributed by atoms with E-state index in [1.54, 1.807) is 42.5 Å². The first-order chi connectivity index (χ1) is 11.9. The van der Waals surface area contributed by atoms with Gasteiger partial charge < -0.3 is 5.32 Å². The van der Waals surface area contributed by atoms with Gasteiger partial charge >= 0.3 is 6.03 Å². The van der Waals surface area contributed by atoms with Gasteiger partial charge in [0.05, 0.1) is 4.90 Å². The Labute approximate surface area is 145 Å². The predicted molar refractivity (Wildman–Crippen MR) is 96.2 cm³/mol. The highest BCUT2D eigenvalue weighted by Crippen LogP contribution is 2.29. The second-order valence-electron chi connectivity index (χ2n) is 6.10. The third-order valence-electron chi connectivity index (χ3n) is 4.22. The zero-order valence-electron chi connectivity index (χ0n) is 13.4. The van der Waals surface area contributed by atoms with Gasteiger partial charge in [0.15, 0.2) is 5.04 Å². The molecule has 2 aliphatic rings. The van der Waals surface area contributed by atoms with Crippen LogP contribution in [0.2, 0.25) is 0 Å². The number of fused-ring (bicyclic) bond motifs is 1. The summed E-state index contributed by atoms with van der Waals surface area (Å²) in [5.41, 5.74) is 2.52. The average molecular weight is 353 g/mol. The van der Waals surface area contributed by atoms with Crippen molar-refractivity contribution in [2.75, 3.05) is 5.32 Å². The average Bonchev–Trinajstić information content (AvgIpc) is 3.17. The first kappa shape index (κ1) is 15.7. The molecule has 1 N–H and O–H groups in total. The summed E-state index contributed by atoms with van der Waals surface area (Å²) in [5.74, 6) is 0. The van der Waals surface area contributed by atoms with E-state index in [2.05, 4.69) is 15.3 Å². The molecule has 1 atom stereocenters. The maximum atomic E-state index is 13.1. The standard InChI is InChI=1S/C18H15N3O3S/c1-11-9-13-10-14(7-8-15(13)19-11)25(23,24)17-16(20-18(22)21-17)12-5-3-2-4-6-12/h2-8,10-11,19H,9H2,1H3. The summed E-state index contributed by atoms with van der Waals surface area (Å²) < 4.78 is 26.1. The number of carbonyl (C=O) groups is 1. The molecule has 0 spiro atoms. The van der Waals surface area contributed by atoms with Crippen molar-refractivity contribution >= 4 is 32.3 Å². The largest absolute Gasteiger partial charge is 0.382 e. The summed E-state index contributed by atoms with van der Waals surface area (Å²) in [4.78, 5) is 19.3. The van der Waals surface area contributed by atoms with Gasteiger partial charge in [0.1, 0.15) is 5.71 Å². The summed E-state index contributed by atoms with van der Waals surface area (Å²) in [6.45, 7) is 2.04. The van der Waals surface area contributed by atoms with Crippen LogP contribution in [0.15, 0.2) is 63.4 Å². The number of anilines is 1. The first-order valence-corrected chi connectivity index (χ1v) is 9.35. The molecule has 126 valence electrons. The molecule has 7 heteroatoms. The van der Waals surface area contributed by atoms with Gasteiger partial charge in [-0.25, -0.2) is 13.2 Å². The number of aliphatic imine (C=N–C) groups is 2. The van der Waals surface area contributed by atoms with Crippen molar-refractivity contribution in [2.45, 2.75) is 24.3 Å². The molecule has 0 fully saturated rings. The van der Waals surface area contributed by atoms with Crippen LogP contribution in [0.3, 0.4) is 0 Å². The second kappa shape index (κ2) is 5.63. The Hall–Kier alpha value is -2.80. The molecule has 25 heavy (non-hydrogen) atoms. The number of amides is 2. The fraction of sp³-hybridized carbons (Fsp3) is 0.167. The lowest BCUT2D eigenvalue weighted by atomic mass is 10.1. The van der Waals surface area contributed by atoms with Gasteiger partial charge in [-0.1, -0.05) is 30.3 Å². The Kier molecular flexibility index (Phi) is 3.54. The Balaban J connectivity index is 1.78.